The van der Waals surface area contributed by atoms with Crippen LogP contribution in [0, 0.1) is 5.92 Å². The van der Waals surface area contributed by atoms with Gasteiger partial charge in [-0.25, -0.2) is 0 Å². The van der Waals surface area contributed by atoms with Crippen molar-refractivity contribution in [1.82, 2.24) is 0 Å². The first-order valence-corrected chi connectivity index (χ1v) is 3.22. The Kier molecular flexibility index (Phi) is 1.69. The summed E-state index contributed by atoms with van der Waals surface area (Å²) in [5.74, 6) is 0.846. The summed E-state index contributed by atoms with van der Waals surface area (Å²) in [4.78, 5) is 0. The highest BCUT2D eigenvalue weighted by molar-refractivity contribution is 5.18. The Hall–Kier alpha value is -0.300. The summed E-state index contributed by atoms with van der Waals surface area (Å²) in [5, 5.41) is 0. The van der Waals surface area contributed by atoms with Gasteiger partial charge in [-0.05, 0) is 31.7 Å². The molecule has 1 rings (SSSR count). The molecule has 2 N–H and O–H groups in total. The van der Waals surface area contributed by atoms with Crippen molar-refractivity contribution in [3.8, 4) is 0 Å². The average Bonchev–Trinajstić information content (AvgIpc) is 2.42. The van der Waals surface area contributed by atoms with Gasteiger partial charge in [-0.1, -0.05) is 12.2 Å². The van der Waals surface area contributed by atoms with Crippen molar-refractivity contribution in [2.24, 2.45) is 11.7 Å². The third-order valence-corrected chi connectivity index (χ3v) is 1.68. The van der Waals surface area contributed by atoms with Gasteiger partial charge in [-0.2, -0.15) is 0 Å². The van der Waals surface area contributed by atoms with E-state index in [9.17, 15) is 0 Å². The molecule has 1 atom stereocenters. The van der Waals surface area contributed by atoms with Gasteiger partial charge < -0.3 is 5.73 Å². The van der Waals surface area contributed by atoms with E-state index in [2.05, 4.69) is 6.58 Å². The minimum absolute atomic E-state index is 0.837. The van der Waals surface area contributed by atoms with Gasteiger partial charge in [-0.3, -0.25) is 0 Å². The van der Waals surface area contributed by atoms with Crippen LogP contribution >= 0.6 is 0 Å². The van der Waals surface area contributed by atoms with Crippen molar-refractivity contribution < 1.29 is 0 Å². The fourth-order valence-corrected chi connectivity index (χ4v) is 0.928. The van der Waals surface area contributed by atoms with Gasteiger partial charge in [0, 0.05) is 0 Å². The van der Waals surface area contributed by atoms with Crippen LogP contribution < -0.4 is 5.73 Å². The molecule has 0 aromatic carbocycles. The molecule has 1 fully saturated rings. The molecular weight excluding hydrogens is 98.1 g/mol. The third-order valence-electron chi connectivity index (χ3n) is 1.68. The number of allylic oxidation sites excluding steroid dienone is 1. The second kappa shape index (κ2) is 2.31. The Morgan fingerprint density at radius 2 is 2.38 bits per heavy atom. The Morgan fingerprint density at radius 1 is 1.75 bits per heavy atom. The molecule has 0 radical (unpaired) electrons. The van der Waals surface area contributed by atoms with E-state index in [1.54, 1.807) is 0 Å². The van der Waals surface area contributed by atoms with E-state index < -0.39 is 0 Å². The molecule has 1 saturated carbocycles. The smallest absolute Gasteiger partial charge is 0.00771 e. The molecule has 0 bridgehead atoms. The van der Waals surface area contributed by atoms with E-state index in [1.165, 1.54) is 24.8 Å². The highest BCUT2D eigenvalue weighted by Gasteiger charge is 2.25. The maximum Gasteiger partial charge on any atom is -0.00771 e. The summed E-state index contributed by atoms with van der Waals surface area (Å²) < 4.78 is 0. The first-order valence-electron chi connectivity index (χ1n) is 3.22. The summed E-state index contributed by atoms with van der Waals surface area (Å²) in [6, 6.07) is 0. The fraction of sp³-hybridized carbons (Fsp3) is 0.714. The predicted octanol–water partition coefficient (Wildman–Crippen LogP) is 1.30. The molecule has 8 heavy (non-hydrogen) atoms. The second-order valence-electron chi connectivity index (χ2n) is 2.49. The molecule has 1 nitrogen and oxygen atoms in total. The maximum atomic E-state index is 5.32. The van der Waals surface area contributed by atoms with Crippen LogP contribution in [-0.4, -0.2) is 6.54 Å². The summed E-state index contributed by atoms with van der Waals surface area (Å²) in [6.07, 6.45) is 3.71. The van der Waals surface area contributed by atoms with Crippen molar-refractivity contribution in [1.29, 1.82) is 0 Å². The fourth-order valence-electron chi connectivity index (χ4n) is 0.928. The normalized spacial score (nSPS) is 26.1. The van der Waals surface area contributed by atoms with Gasteiger partial charge in [0.05, 0.1) is 0 Å². The highest BCUT2D eigenvalue weighted by atomic mass is 14.5. The van der Waals surface area contributed by atoms with E-state index in [4.69, 9.17) is 5.73 Å². The number of hydrogen-bond acceptors (Lipinski definition) is 1. The standard InChI is InChI=1S/C7H13N/c1-6-5-7(6)3-2-4-8/h7H,1-5,8H2. The minimum atomic E-state index is 0.837. The first-order chi connectivity index (χ1) is 3.84. The molecule has 0 heterocycles. The highest BCUT2D eigenvalue weighted by Crippen LogP contribution is 2.39. The average molecular weight is 111 g/mol. The van der Waals surface area contributed by atoms with Crippen molar-refractivity contribution in [2.75, 3.05) is 6.54 Å². The van der Waals surface area contributed by atoms with Crippen LogP contribution in [0.15, 0.2) is 12.2 Å². The second-order valence-corrected chi connectivity index (χ2v) is 2.49. The van der Waals surface area contributed by atoms with Crippen LogP contribution in [0.4, 0.5) is 0 Å². The molecule has 1 aliphatic carbocycles. The van der Waals surface area contributed by atoms with Crippen LogP contribution in [0.1, 0.15) is 19.3 Å². The molecule has 0 amide bonds. The molecule has 0 aliphatic heterocycles. The molecule has 0 aromatic heterocycles. The third kappa shape index (κ3) is 1.34. The lowest BCUT2D eigenvalue weighted by Gasteiger charge is -1.89. The molecule has 0 saturated heterocycles. The largest absolute Gasteiger partial charge is 0.330 e. The van der Waals surface area contributed by atoms with Gasteiger partial charge in [0.15, 0.2) is 0 Å². The van der Waals surface area contributed by atoms with Crippen LogP contribution in [0.25, 0.3) is 0 Å². The monoisotopic (exact) mass is 111 g/mol. The molecule has 0 spiro atoms. The Labute approximate surface area is 50.6 Å². The van der Waals surface area contributed by atoms with Crippen molar-refractivity contribution in [3.63, 3.8) is 0 Å². The van der Waals surface area contributed by atoms with Gasteiger partial charge in [0.25, 0.3) is 0 Å². The summed E-state index contributed by atoms with van der Waals surface area (Å²) in [7, 11) is 0. The number of nitrogens with two attached hydrogens (primary N) is 1. The van der Waals surface area contributed by atoms with Gasteiger partial charge >= 0.3 is 0 Å². The van der Waals surface area contributed by atoms with Crippen LogP contribution in [0.2, 0.25) is 0 Å². The molecule has 46 valence electrons. The quantitative estimate of drug-likeness (QED) is 0.546. The topological polar surface area (TPSA) is 26.0 Å². The number of rotatable bonds is 3. The summed E-state index contributed by atoms with van der Waals surface area (Å²) >= 11 is 0. The van der Waals surface area contributed by atoms with Crippen molar-refractivity contribution in [3.05, 3.63) is 12.2 Å². The Bertz CT molecular complexity index is 96.6. The van der Waals surface area contributed by atoms with E-state index in [0.717, 1.165) is 12.5 Å². The van der Waals surface area contributed by atoms with E-state index >= 15 is 0 Å². The van der Waals surface area contributed by atoms with Crippen molar-refractivity contribution in [2.45, 2.75) is 19.3 Å². The molecular formula is C7H13N. The first kappa shape index (κ1) is 5.83. The molecule has 1 unspecified atom stereocenters. The molecule has 1 aliphatic rings. The summed E-state index contributed by atoms with van der Waals surface area (Å²) in [5.41, 5.74) is 6.75. The molecule has 0 aromatic rings. The zero-order valence-electron chi connectivity index (χ0n) is 5.19. The zero-order valence-corrected chi connectivity index (χ0v) is 5.19. The molecule has 1 heteroatoms. The van der Waals surface area contributed by atoms with Gasteiger partial charge in [-0.15, -0.1) is 0 Å². The lowest BCUT2D eigenvalue weighted by Crippen LogP contribution is -1.97. The van der Waals surface area contributed by atoms with Gasteiger partial charge in [0.2, 0.25) is 0 Å². The zero-order chi connectivity index (χ0) is 5.98. The summed E-state index contributed by atoms with van der Waals surface area (Å²) in [6.45, 7) is 4.70. The van der Waals surface area contributed by atoms with E-state index in [1.807, 2.05) is 0 Å². The van der Waals surface area contributed by atoms with Crippen LogP contribution in [0.5, 0.6) is 0 Å². The lowest BCUT2D eigenvalue weighted by molar-refractivity contribution is 0.691. The number of hydrogen-bond donors (Lipinski definition) is 1. The van der Waals surface area contributed by atoms with Crippen LogP contribution in [-0.2, 0) is 0 Å². The Morgan fingerprint density at radius 3 is 2.75 bits per heavy atom. The predicted molar refractivity (Wildman–Crippen MR) is 35.5 cm³/mol. The van der Waals surface area contributed by atoms with E-state index in [-0.39, 0.29) is 0 Å². The lowest BCUT2D eigenvalue weighted by atomic mass is 10.2. The van der Waals surface area contributed by atoms with E-state index in [0.29, 0.717) is 0 Å². The van der Waals surface area contributed by atoms with Crippen molar-refractivity contribution >= 4 is 0 Å². The van der Waals surface area contributed by atoms with Crippen LogP contribution in [0.3, 0.4) is 0 Å². The minimum Gasteiger partial charge on any atom is -0.330 e. The SMILES string of the molecule is C=C1CC1CCCN. The van der Waals surface area contributed by atoms with Gasteiger partial charge in [0.1, 0.15) is 0 Å². The maximum absolute atomic E-state index is 5.32. The Balaban J connectivity index is 1.97.